The SMILES string of the molecule is CCn1ncc(Cl)c1C(NC)c1cccc(C)n1. The molecule has 0 saturated heterocycles. The number of hydrogen-bond acceptors (Lipinski definition) is 3. The maximum Gasteiger partial charge on any atom is 0.0934 e. The van der Waals surface area contributed by atoms with Crippen LogP contribution < -0.4 is 5.32 Å². The normalized spacial score (nSPS) is 12.7. The smallest absolute Gasteiger partial charge is 0.0934 e. The maximum atomic E-state index is 6.24. The summed E-state index contributed by atoms with van der Waals surface area (Å²) in [4.78, 5) is 4.55. The highest BCUT2D eigenvalue weighted by atomic mass is 35.5. The standard InChI is InChI=1S/C13H17ClN4/c1-4-18-13(10(14)8-16-18)12(15-3)11-7-5-6-9(2)17-11/h5-8,12,15H,4H2,1-3H3. The third-order valence-corrected chi connectivity index (χ3v) is 3.19. The molecule has 2 aromatic heterocycles. The van der Waals surface area contributed by atoms with Crippen LogP contribution in [0.5, 0.6) is 0 Å². The molecule has 0 fully saturated rings. The van der Waals surface area contributed by atoms with Gasteiger partial charge in [0.05, 0.1) is 28.6 Å². The molecule has 0 aromatic carbocycles. The third-order valence-electron chi connectivity index (χ3n) is 2.90. The molecule has 0 spiro atoms. The van der Waals surface area contributed by atoms with Gasteiger partial charge in [0, 0.05) is 12.2 Å². The molecule has 0 amide bonds. The zero-order chi connectivity index (χ0) is 13.1. The lowest BCUT2D eigenvalue weighted by molar-refractivity contribution is 0.555. The lowest BCUT2D eigenvalue weighted by Crippen LogP contribution is -2.23. The van der Waals surface area contributed by atoms with Crippen LogP contribution in [0.1, 0.15) is 30.0 Å². The second-order valence-electron chi connectivity index (χ2n) is 4.12. The monoisotopic (exact) mass is 264 g/mol. The largest absolute Gasteiger partial charge is 0.307 e. The van der Waals surface area contributed by atoms with Gasteiger partial charge < -0.3 is 5.32 Å². The summed E-state index contributed by atoms with van der Waals surface area (Å²) < 4.78 is 1.90. The lowest BCUT2D eigenvalue weighted by atomic mass is 10.1. The number of pyridine rings is 1. The van der Waals surface area contributed by atoms with Crippen molar-refractivity contribution >= 4 is 11.6 Å². The zero-order valence-electron chi connectivity index (χ0n) is 10.8. The van der Waals surface area contributed by atoms with Gasteiger partial charge >= 0.3 is 0 Å². The number of aromatic nitrogens is 3. The first kappa shape index (κ1) is 13.1. The van der Waals surface area contributed by atoms with E-state index in [9.17, 15) is 0 Å². The Bertz CT molecular complexity index is 536. The summed E-state index contributed by atoms with van der Waals surface area (Å²) in [7, 11) is 1.90. The maximum absolute atomic E-state index is 6.24. The zero-order valence-corrected chi connectivity index (χ0v) is 11.6. The van der Waals surface area contributed by atoms with Crippen molar-refractivity contribution < 1.29 is 0 Å². The molecule has 0 aliphatic rings. The van der Waals surface area contributed by atoms with Gasteiger partial charge in [0.25, 0.3) is 0 Å². The minimum Gasteiger partial charge on any atom is -0.307 e. The van der Waals surface area contributed by atoms with E-state index >= 15 is 0 Å². The van der Waals surface area contributed by atoms with Crippen molar-refractivity contribution in [3.8, 4) is 0 Å². The molecule has 96 valence electrons. The van der Waals surface area contributed by atoms with Gasteiger partial charge in [-0.2, -0.15) is 5.10 Å². The summed E-state index contributed by atoms with van der Waals surface area (Å²) in [6.07, 6.45) is 1.68. The molecular formula is C13H17ClN4. The molecule has 0 aliphatic carbocycles. The van der Waals surface area contributed by atoms with Crippen LogP contribution in [0.15, 0.2) is 24.4 Å². The minimum atomic E-state index is -0.0418. The molecule has 2 aromatic rings. The second kappa shape index (κ2) is 5.50. The Kier molecular flexibility index (Phi) is 3.99. The molecule has 4 nitrogen and oxygen atoms in total. The van der Waals surface area contributed by atoms with Crippen molar-refractivity contribution in [2.24, 2.45) is 0 Å². The molecule has 0 aliphatic heterocycles. The van der Waals surface area contributed by atoms with Crippen molar-refractivity contribution in [1.82, 2.24) is 20.1 Å². The minimum absolute atomic E-state index is 0.0418. The summed E-state index contributed by atoms with van der Waals surface area (Å²) in [5.74, 6) is 0. The van der Waals surface area contributed by atoms with E-state index < -0.39 is 0 Å². The summed E-state index contributed by atoms with van der Waals surface area (Å²) in [6.45, 7) is 4.81. The summed E-state index contributed by atoms with van der Waals surface area (Å²) in [5, 5.41) is 8.19. The van der Waals surface area contributed by atoms with Crippen molar-refractivity contribution in [2.45, 2.75) is 26.4 Å². The predicted molar refractivity (Wildman–Crippen MR) is 72.8 cm³/mol. The molecular weight excluding hydrogens is 248 g/mol. The molecule has 5 heteroatoms. The number of rotatable bonds is 4. The molecule has 2 rings (SSSR count). The van der Waals surface area contributed by atoms with Crippen LogP contribution in [0.25, 0.3) is 0 Å². The van der Waals surface area contributed by atoms with Gasteiger partial charge in [-0.15, -0.1) is 0 Å². The van der Waals surface area contributed by atoms with Crippen LogP contribution in [-0.4, -0.2) is 21.8 Å². The van der Waals surface area contributed by atoms with Gasteiger partial charge in [0.15, 0.2) is 0 Å². The summed E-state index contributed by atoms with van der Waals surface area (Å²) in [5.41, 5.74) is 2.90. The van der Waals surface area contributed by atoms with E-state index in [4.69, 9.17) is 11.6 Å². The van der Waals surface area contributed by atoms with Crippen LogP contribution in [0, 0.1) is 6.92 Å². The topological polar surface area (TPSA) is 42.7 Å². The van der Waals surface area contributed by atoms with Crippen LogP contribution in [0.3, 0.4) is 0 Å². The highest BCUT2D eigenvalue weighted by Gasteiger charge is 2.21. The highest BCUT2D eigenvalue weighted by molar-refractivity contribution is 6.31. The van der Waals surface area contributed by atoms with Gasteiger partial charge in [-0.25, -0.2) is 0 Å². The average Bonchev–Trinajstić information content (AvgIpc) is 2.72. The second-order valence-corrected chi connectivity index (χ2v) is 4.53. The molecule has 0 saturated carbocycles. The van der Waals surface area contributed by atoms with Gasteiger partial charge in [-0.3, -0.25) is 9.67 Å². The molecule has 0 bridgehead atoms. The van der Waals surface area contributed by atoms with Crippen molar-refractivity contribution in [1.29, 1.82) is 0 Å². The van der Waals surface area contributed by atoms with E-state index in [0.717, 1.165) is 23.6 Å². The van der Waals surface area contributed by atoms with Crippen LogP contribution in [0.2, 0.25) is 5.02 Å². The van der Waals surface area contributed by atoms with Crippen LogP contribution in [-0.2, 0) is 6.54 Å². The van der Waals surface area contributed by atoms with E-state index in [1.165, 1.54) is 0 Å². The Morgan fingerprint density at radius 2 is 2.22 bits per heavy atom. The van der Waals surface area contributed by atoms with E-state index in [0.29, 0.717) is 5.02 Å². The number of halogens is 1. The van der Waals surface area contributed by atoms with Crippen molar-refractivity contribution in [3.63, 3.8) is 0 Å². The quantitative estimate of drug-likeness (QED) is 0.923. The first-order valence-corrected chi connectivity index (χ1v) is 6.37. The predicted octanol–water partition coefficient (Wildman–Crippen LogP) is 2.57. The third kappa shape index (κ3) is 2.40. The fraction of sp³-hybridized carbons (Fsp3) is 0.385. The van der Waals surface area contributed by atoms with Gasteiger partial charge in [0.1, 0.15) is 0 Å². The van der Waals surface area contributed by atoms with E-state index in [1.807, 2.05) is 43.8 Å². The first-order chi connectivity index (χ1) is 8.67. The van der Waals surface area contributed by atoms with E-state index in [-0.39, 0.29) is 6.04 Å². The van der Waals surface area contributed by atoms with Gasteiger partial charge in [-0.05, 0) is 33.0 Å². The Morgan fingerprint density at radius 3 is 2.83 bits per heavy atom. The molecule has 1 atom stereocenters. The van der Waals surface area contributed by atoms with E-state index in [1.54, 1.807) is 6.20 Å². The van der Waals surface area contributed by atoms with Gasteiger partial charge in [-0.1, -0.05) is 17.7 Å². The fourth-order valence-electron chi connectivity index (χ4n) is 2.06. The average molecular weight is 265 g/mol. The Balaban J connectivity index is 2.48. The number of nitrogens with one attached hydrogen (secondary N) is 1. The number of aryl methyl sites for hydroxylation is 2. The summed E-state index contributed by atoms with van der Waals surface area (Å²) >= 11 is 6.24. The van der Waals surface area contributed by atoms with Crippen LogP contribution >= 0.6 is 11.6 Å². The fourth-order valence-corrected chi connectivity index (χ4v) is 2.31. The Labute approximate surface area is 112 Å². The van der Waals surface area contributed by atoms with Crippen LogP contribution in [0.4, 0.5) is 0 Å². The highest BCUT2D eigenvalue weighted by Crippen LogP contribution is 2.27. The van der Waals surface area contributed by atoms with E-state index in [2.05, 4.69) is 15.4 Å². The Morgan fingerprint density at radius 1 is 1.44 bits per heavy atom. The molecule has 2 heterocycles. The molecule has 1 unspecified atom stereocenters. The molecule has 18 heavy (non-hydrogen) atoms. The van der Waals surface area contributed by atoms with Crippen molar-refractivity contribution in [2.75, 3.05) is 7.05 Å². The first-order valence-electron chi connectivity index (χ1n) is 5.99. The van der Waals surface area contributed by atoms with Crippen molar-refractivity contribution in [3.05, 3.63) is 46.5 Å². The number of hydrogen-bond donors (Lipinski definition) is 1. The molecule has 1 N–H and O–H groups in total. The Hall–Kier alpha value is -1.39. The lowest BCUT2D eigenvalue weighted by Gasteiger charge is -2.18. The summed E-state index contributed by atoms with van der Waals surface area (Å²) in [6, 6.07) is 5.94. The van der Waals surface area contributed by atoms with Gasteiger partial charge in [0.2, 0.25) is 0 Å². The number of nitrogens with zero attached hydrogens (tertiary/aromatic N) is 3. The molecule has 0 radical (unpaired) electrons.